The molecule has 0 bridgehead atoms. The molecule has 1 aliphatic rings. The van der Waals surface area contributed by atoms with Crippen LogP contribution in [0.25, 0.3) is 0 Å². The number of ether oxygens (including phenoxy) is 2. The van der Waals surface area contributed by atoms with Crippen molar-refractivity contribution in [1.29, 1.82) is 0 Å². The van der Waals surface area contributed by atoms with Gasteiger partial charge in [0.1, 0.15) is 17.5 Å². The number of benzene rings is 2. The zero-order valence-corrected chi connectivity index (χ0v) is 17.1. The van der Waals surface area contributed by atoms with Crippen molar-refractivity contribution in [2.75, 3.05) is 23.5 Å². The first-order chi connectivity index (χ1) is 15.0. The van der Waals surface area contributed by atoms with E-state index in [0.29, 0.717) is 17.1 Å². The Labute approximate surface area is 179 Å². The summed E-state index contributed by atoms with van der Waals surface area (Å²) >= 11 is 0. The second-order valence-corrected chi connectivity index (χ2v) is 6.75. The second-order valence-electron chi connectivity index (χ2n) is 6.75. The third kappa shape index (κ3) is 5.81. The van der Waals surface area contributed by atoms with Gasteiger partial charge < -0.3 is 20.5 Å². The molecule has 0 fully saturated rings. The lowest BCUT2D eigenvalue weighted by Crippen LogP contribution is -2.38. The fraction of sp³-hybridized carbons (Fsp3) is 0.273. The summed E-state index contributed by atoms with van der Waals surface area (Å²) in [5, 5.41) is 8.71. The van der Waals surface area contributed by atoms with Crippen LogP contribution in [0.4, 0.5) is 11.4 Å². The van der Waals surface area contributed by atoms with Gasteiger partial charge in [-0.2, -0.15) is 5.10 Å². The second kappa shape index (κ2) is 10.2. The highest BCUT2D eigenvalue weighted by atomic mass is 16.5. The summed E-state index contributed by atoms with van der Waals surface area (Å²) in [6.45, 7) is 2.13. The van der Waals surface area contributed by atoms with E-state index in [0.717, 1.165) is 0 Å². The number of hydrazone groups is 1. The van der Waals surface area contributed by atoms with Gasteiger partial charge in [-0.25, -0.2) is 4.79 Å². The Morgan fingerprint density at radius 2 is 1.84 bits per heavy atom. The zero-order chi connectivity index (χ0) is 22.2. The molecule has 1 unspecified atom stereocenters. The van der Waals surface area contributed by atoms with Crippen molar-refractivity contribution in [1.82, 2.24) is 0 Å². The Morgan fingerprint density at radius 1 is 1.13 bits per heavy atom. The fourth-order valence-electron chi connectivity index (χ4n) is 3.00. The monoisotopic (exact) mass is 424 g/mol. The van der Waals surface area contributed by atoms with Gasteiger partial charge in [0.2, 0.25) is 11.8 Å². The number of nitrogens with two attached hydrogens (primary N) is 1. The number of anilines is 2. The number of nitrogens with one attached hydrogen (secondary N) is 1. The number of nitrogens with zero attached hydrogens (tertiary/aromatic N) is 2. The minimum absolute atomic E-state index is 0.123. The molecule has 2 amide bonds. The minimum atomic E-state index is -0.701. The van der Waals surface area contributed by atoms with Gasteiger partial charge in [0.25, 0.3) is 0 Å². The molecule has 0 aliphatic carbocycles. The number of hydrogen-bond donors (Lipinski definition) is 2. The van der Waals surface area contributed by atoms with Crippen LogP contribution in [0.3, 0.4) is 0 Å². The number of esters is 1. The highest BCUT2D eigenvalue weighted by molar-refractivity contribution is 6.38. The molecule has 0 spiro atoms. The molecule has 0 aromatic heterocycles. The largest absolute Gasteiger partial charge is 0.493 e. The summed E-state index contributed by atoms with van der Waals surface area (Å²) in [6, 6.07) is 15.2. The molecule has 9 nitrogen and oxygen atoms in total. The lowest BCUT2D eigenvalue weighted by Gasteiger charge is -2.22. The fourth-order valence-corrected chi connectivity index (χ4v) is 3.00. The molecule has 1 atom stereocenters. The molecule has 0 saturated carbocycles. The van der Waals surface area contributed by atoms with E-state index in [9.17, 15) is 14.4 Å². The lowest BCUT2D eigenvalue weighted by atomic mass is 10.1. The van der Waals surface area contributed by atoms with Crippen LogP contribution in [0.5, 0.6) is 5.75 Å². The highest BCUT2D eigenvalue weighted by Crippen LogP contribution is 2.26. The van der Waals surface area contributed by atoms with Crippen molar-refractivity contribution in [3.63, 3.8) is 0 Å². The number of rotatable bonds is 9. The molecular weight excluding hydrogens is 400 g/mol. The van der Waals surface area contributed by atoms with Crippen LogP contribution in [0.2, 0.25) is 0 Å². The normalized spacial score (nSPS) is 15.2. The molecule has 0 radical (unpaired) electrons. The van der Waals surface area contributed by atoms with E-state index in [-0.39, 0.29) is 37.7 Å². The molecule has 9 heteroatoms. The van der Waals surface area contributed by atoms with Crippen LogP contribution >= 0.6 is 0 Å². The van der Waals surface area contributed by atoms with Crippen LogP contribution in [0, 0.1) is 0 Å². The van der Waals surface area contributed by atoms with Crippen molar-refractivity contribution in [3.8, 4) is 5.75 Å². The van der Waals surface area contributed by atoms with Gasteiger partial charge in [-0.05, 0) is 43.3 Å². The molecular formula is C22H24N4O5. The molecule has 2 aromatic rings. The van der Waals surface area contributed by atoms with E-state index in [2.05, 4.69) is 10.4 Å². The van der Waals surface area contributed by atoms with Gasteiger partial charge >= 0.3 is 5.97 Å². The molecule has 0 saturated heterocycles. The summed E-state index contributed by atoms with van der Waals surface area (Å²) in [6.07, 6.45) is 0.256. The third-order valence-corrected chi connectivity index (χ3v) is 4.48. The molecule has 3 rings (SSSR count). The highest BCUT2D eigenvalue weighted by Gasteiger charge is 2.36. The topological polar surface area (TPSA) is 123 Å². The third-order valence-electron chi connectivity index (χ3n) is 4.48. The van der Waals surface area contributed by atoms with Gasteiger partial charge in [-0.1, -0.05) is 18.2 Å². The van der Waals surface area contributed by atoms with Crippen molar-refractivity contribution >= 4 is 34.9 Å². The van der Waals surface area contributed by atoms with Gasteiger partial charge in [0.15, 0.2) is 0 Å². The van der Waals surface area contributed by atoms with Crippen molar-refractivity contribution in [2.24, 2.45) is 10.8 Å². The summed E-state index contributed by atoms with van der Waals surface area (Å²) in [4.78, 5) is 35.9. The first-order valence-electron chi connectivity index (χ1n) is 9.89. The number of amides is 2. The van der Waals surface area contributed by atoms with E-state index in [1.807, 2.05) is 30.3 Å². The average molecular weight is 424 g/mol. The van der Waals surface area contributed by atoms with Gasteiger partial charge in [0.05, 0.1) is 25.3 Å². The smallest absolute Gasteiger partial charge is 0.354 e. The Balaban J connectivity index is 1.69. The van der Waals surface area contributed by atoms with E-state index in [4.69, 9.17) is 15.2 Å². The number of carbonyl (C=O) groups excluding carboxylic acids is 3. The zero-order valence-electron chi connectivity index (χ0n) is 17.1. The summed E-state index contributed by atoms with van der Waals surface area (Å²) < 4.78 is 10.5. The van der Waals surface area contributed by atoms with Crippen LogP contribution < -0.4 is 20.8 Å². The van der Waals surface area contributed by atoms with Crippen LogP contribution in [-0.4, -0.2) is 42.8 Å². The van der Waals surface area contributed by atoms with Crippen LogP contribution in [0.15, 0.2) is 59.7 Å². The first kappa shape index (κ1) is 21.8. The molecule has 2 aromatic carbocycles. The maximum atomic E-state index is 13.0. The molecule has 3 N–H and O–H groups in total. The summed E-state index contributed by atoms with van der Waals surface area (Å²) in [5.41, 5.74) is 6.54. The quantitative estimate of drug-likeness (QED) is 0.594. The molecule has 1 aliphatic heterocycles. The predicted octanol–water partition coefficient (Wildman–Crippen LogP) is 2.08. The number of hydrogen-bond acceptors (Lipinski definition) is 7. The van der Waals surface area contributed by atoms with E-state index in [1.54, 1.807) is 31.2 Å². The predicted molar refractivity (Wildman–Crippen MR) is 116 cm³/mol. The first-order valence-corrected chi connectivity index (χ1v) is 9.89. The number of para-hydroxylation sites is 1. The minimum Gasteiger partial charge on any atom is -0.493 e. The maximum absolute atomic E-state index is 13.0. The van der Waals surface area contributed by atoms with Crippen molar-refractivity contribution < 1.29 is 23.9 Å². The van der Waals surface area contributed by atoms with Gasteiger partial charge in [-0.15, -0.1) is 0 Å². The van der Waals surface area contributed by atoms with Crippen molar-refractivity contribution in [2.45, 2.75) is 25.8 Å². The Morgan fingerprint density at radius 3 is 2.48 bits per heavy atom. The maximum Gasteiger partial charge on any atom is 0.354 e. The van der Waals surface area contributed by atoms with Crippen molar-refractivity contribution in [3.05, 3.63) is 54.6 Å². The van der Waals surface area contributed by atoms with Crippen LogP contribution in [-0.2, 0) is 19.1 Å². The van der Waals surface area contributed by atoms with Gasteiger partial charge in [-0.3, -0.25) is 14.6 Å². The Hall–Kier alpha value is -3.88. The van der Waals surface area contributed by atoms with E-state index < -0.39 is 17.9 Å². The lowest BCUT2D eigenvalue weighted by molar-refractivity contribution is -0.135. The van der Waals surface area contributed by atoms with E-state index >= 15 is 0 Å². The van der Waals surface area contributed by atoms with Gasteiger partial charge in [0, 0.05) is 12.1 Å². The SMILES string of the molecule is CCOC(=O)C1=NN(c2ccccc2)C(C(=O)Nc2ccc(OCCC(N)=O)cc2)C1. The molecule has 31 heavy (non-hydrogen) atoms. The number of primary amides is 1. The standard InChI is InChI=1S/C22H24N4O5/c1-2-30-22(29)18-14-19(26(25-18)16-6-4-3-5-7-16)21(28)24-15-8-10-17(11-9-15)31-13-12-20(23)27/h3-11,19H,2,12-14H2,1H3,(H2,23,27)(H,24,28). The average Bonchev–Trinajstić information content (AvgIpc) is 3.21. The van der Waals surface area contributed by atoms with Crippen LogP contribution in [0.1, 0.15) is 19.8 Å². The summed E-state index contributed by atoms with van der Waals surface area (Å²) in [5.74, 6) is -0.725. The molecule has 162 valence electrons. The Bertz CT molecular complexity index is 960. The number of carbonyl (C=O) groups is 3. The van der Waals surface area contributed by atoms with E-state index in [1.165, 1.54) is 5.01 Å². The Kier molecular flexibility index (Phi) is 7.21. The summed E-state index contributed by atoms with van der Waals surface area (Å²) in [7, 11) is 0. The molecule has 1 heterocycles.